The van der Waals surface area contributed by atoms with E-state index in [0.29, 0.717) is 63.9 Å². The van der Waals surface area contributed by atoms with E-state index in [0.717, 1.165) is 16.6 Å². The molecule has 2 heterocycles. The highest BCUT2D eigenvalue weighted by Gasteiger charge is 2.32. The number of carbonyl (C=O) groups is 2. The largest absolute Gasteiger partial charge is 0.461 e. The van der Waals surface area contributed by atoms with Gasteiger partial charge in [0.05, 0.1) is 11.1 Å². The summed E-state index contributed by atoms with van der Waals surface area (Å²) in [6.45, 7) is 3.01. The van der Waals surface area contributed by atoms with Crippen LogP contribution < -0.4 is 10.2 Å². The molecule has 0 aliphatic carbocycles. The lowest BCUT2D eigenvalue weighted by molar-refractivity contribution is -0.145. The molecule has 1 aliphatic heterocycles. The number of hydrazine groups is 1. The summed E-state index contributed by atoms with van der Waals surface area (Å²) in [7, 11) is -0.178. The van der Waals surface area contributed by atoms with Crippen molar-refractivity contribution in [1.29, 1.82) is 0 Å². The molecule has 0 bridgehead atoms. The van der Waals surface area contributed by atoms with Crippen molar-refractivity contribution in [2.24, 2.45) is 0 Å². The Hall–Kier alpha value is -4.43. The Labute approximate surface area is 288 Å². The average molecular weight is 688 g/mol. The Morgan fingerprint density at radius 1 is 0.857 bits per heavy atom. The minimum absolute atomic E-state index is 0.212. The SMILES string of the molecule is CN(C)c1cccc2c(S(=O)(=O)N(CCCCCC(=O)OCc3ccccc3)N3CCNCCN(C(=O)c4cnccn4)CC3)cccc12. The molecule has 12 nitrogen and oxygen atoms in total. The van der Waals surface area contributed by atoms with Crippen molar-refractivity contribution in [2.75, 3.05) is 64.8 Å². The highest BCUT2D eigenvalue weighted by atomic mass is 32.2. The van der Waals surface area contributed by atoms with Gasteiger partial charge in [0.25, 0.3) is 15.9 Å². The molecule has 1 saturated heterocycles. The molecule has 0 saturated carbocycles. The number of unbranched alkanes of at least 4 members (excludes halogenated alkanes) is 2. The first-order valence-corrected chi connectivity index (χ1v) is 18.1. The molecular weight excluding hydrogens is 643 g/mol. The maximum atomic E-state index is 14.7. The van der Waals surface area contributed by atoms with Gasteiger partial charge in [0.1, 0.15) is 12.3 Å². The third kappa shape index (κ3) is 9.38. The molecule has 4 aromatic rings. The number of nitrogens with one attached hydrogen (secondary N) is 1. The summed E-state index contributed by atoms with van der Waals surface area (Å²) in [5, 5.41) is 6.66. The van der Waals surface area contributed by atoms with Crippen LogP contribution >= 0.6 is 0 Å². The standard InChI is InChI=1S/C36H45N7O5S/c1-40(2)33-15-9-14-31-30(33)13-10-16-34(31)49(46,47)43(22-8-4-7-17-35(44)48-28-29-11-5-3-6-12-29)42-24-21-37-20-23-41(25-26-42)36(45)32-27-38-18-19-39-32/h3,5-6,9-16,18-19,27,37H,4,7-8,17,20-26,28H2,1-2H3. The van der Waals surface area contributed by atoms with E-state index in [9.17, 15) is 18.0 Å². The van der Waals surface area contributed by atoms with Gasteiger partial charge in [0.15, 0.2) is 0 Å². The summed E-state index contributed by atoms with van der Waals surface area (Å²) in [5.74, 6) is -0.532. The summed E-state index contributed by atoms with van der Waals surface area (Å²) < 4.78 is 36.3. The number of aromatic nitrogens is 2. The zero-order valence-electron chi connectivity index (χ0n) is 28.2. The van der Waals surface area contributed by atoms with Gasteiger partial charge in [-0.2, -0.15) is 0 Å². The van der Waals surface area contributed by atoms with Gasteiger partial charge in [-0.25, -0.2) is 18.4 Å². The van der Waals surface area contributed by atoms with Crippen LogP contribution in [0.4, 0.5) is 5.69 Å². The molecule has 260 valence electrons. The number of fused-ring (bicyclic) bond motifs is 1. The van der Waals surface area contributed by atoms with Crippen LogP contribution in [0.1, 0.15) is 41.7 Å². The van der Waals surface area contributed by atoms with Crippen LogP contribution in [-0.2, 0) is 26.2 Å². The van der Waals surface area contributed by atoms with Gasteiger partial charge in [-0.15, -0.1) is 4.41 Å². The van der Waals surface area contributed by atoms with Crippen LogP contribution in [0.25, 0.3) is 10.8 Å². The quantitative estimate of drug-likeness (QED) is 0.163. The van der Waals surface area contributed by atoms with Crippen molar-refractivity contribution >= 4 is 38.4 Å². The van der Waals surface area contributed by atoms with E-state index in [2.05, 4.69) is 15.3 Å². The van der Waals surface area contributed by atoms with Crippen molar-refractivity contribution in [3.8, 4) is 0 Å². The van der Waals surface area contributed by atoms with Crippen molar-refractivity contribution in [3.63, 3.8) is 0 Å². The Balaban J connectivity index is 1.34. The van der Waals surface area contributed by atoms with Gasteiger partial charge in [0, 0.05) is 95.2 Å². The van der Waals surface area contributed by atoms with Crippen molar-refractivity contribution in [2.45, 2.75) is 37.2 Å². The first-order chi connectivity index (χ1) is 23.8. The van der Waals surface area contributed by atoms with Gasteiger partial charge >= 0.3 is 5.97 Å². The highest BCUT2D eigenvalue weighted by molar-refractivity contribution is 7.89. The Morgan fingerprint density at radius 2 is 1.63 bits per heavy atom. The predicted molar refractivity (Wildman–Crippen MR) is 189 cm³/mol. The van der Waals surface area contributed by atoms with Gasteiger partial charge in [-0.3, -0.25) is 14.6 Å². The Kier molecular flexibility index (Phi) is 12.7. The van der Waals surface area contributed by atoms with Crippen LogP contribution in [0.5, 0.6) is 0 Å². The van der Waals surface area contributed by atoms with E-state index in [1.165, 1.54) is 23.0 Å². The van der Waals surface area contributed by atoms with Crippen molar-refractivity contribution in [1.82, 2.24) is 29.6 Å². The monoisotopic (exact) mass is 687 g/mol. The number of nitrogens with zero attached hydrogens (tertiary/aromatic N) is 6. The number of ether oxygens (including phenoxy) is 1. The van der Waals surface area contributed by atoms with E-state index >= 15 is 0 Å². The lowest BCUT2D eigenvalue weighted by Gasteiger charge is -2.35. The predicted octanol–water partition coefficient (Wildman–Crippen LogP) is 3.95. The fourth-order valence-electron chi connectivity index (χ4n) is 5.91. The second-order valence-electron chi connectivity index (χ2n) is 12.1. The molecule has 1 fully saturated rings. The smallest absolute Gasteiger partial charge is 0.306 e. The van der Waals surface area contributed by atoms with Gasteiger partial charge < -0.3 is 19.9 Å². The normalized spacial score (nSPS) is 14.6. The average Bonchev–Trinajstić information content (AvgIpc) is 3.24. The third-order valence-corrected chi connectivity index (χ3v) is 10.4. The molecule has 49 heavy (non-hydrogen) atoms. The first-order valence-electron chi connectivity index (χ1n) is 16.7. The van der Waals surface area contributed by atoms with Crippen LogP contribution in [0, 0.1) is 0 Å². The number of hydrogen-bond donors (Lipinski definition) is 1. The minimum Gasteiger partial charge on any atom is -0.461 e. The van der Waals surface area contributed by atoms with Gasteiger partial charge in [0.2, 0.25) is 0 Å². The summed E-state index contributed by atoms with van der Waals surface area (Å²) in [4.78, 5) is 37.8. The number of esters is 1. The highest BCUT2D eigenvalue weighted by Crippen LogP contribution is 2.32. The van der Waals surface area contributed by atoms with E-state index in [-0.39, 0.29) is 42.0 Å². The Morgan fingerprint density at radius 3 is 2.41 bits per heavy atom. The summed E-state index contributed by atoms with van der Waals surface area (Å²) in [5.41, 5.74) is 2.09. The van der Waals surface area contributed by atoms with Crippen LogP contribution in [0.2, 0.25) is 0 Å². The van der Waals surface area contributed by atoms with E-state index in [1.54, 1.807) is 17.0 Å². The molecule has 0 unspecified atom stereocenters. The summed E-state index contributed by atoms with van der Waals surface area (Å²) in [6.07, 6.45) is 6.44. The lowest BCUT2D eigenvalue weighted by atomic mass is 10.1. The van der Waals surface area contributed by atoms with Gasteiger partial charge in [-0.1, -0.05) is 61.0 Å². The third-order valence-electron chi connectivity index (χ3n) is 8.49. The molecule has 1 aromatic heterocycles. The van der Waals surface area contributed by atoms with Crippen LogP contribution in [0.3, 0.4) is 0 Å². The summed E-state index contributed by atoms with van der Waals surface area (Å²) in [6, 6.07) is 20.6. The molecule has 1 aliphatic rings. The Bertz CT molecular complexity index is 1790. The van der Waals surface area contributed by atoms with Crippen molar-refractivity contribution < 1.29 is 22.7 Å². The van der Waals surface area contributed by atoms with E-state index in [1.807, 2.05) is 78.6 Å². The fourth-order valence-corrected chi connectivity index (χ4v) is 7.68. The molecule has 0 radical (unpaired) electrons. The maximum Gasteiger partial charge on any atom is 0.306 e. The van der Waals surface area contributed by atoms with Crippen LogP contribution in [0.15, 0.2) is 90.2 Å². The first kappa shape index (κ1) is 35.9. The molecule has 3 aromatic carbocycles. The number of carbonyl (C=O) groups excluding carboxylic acids is 2. The number of benzene rings is 3. The summed E-state index contributed by atoms with van der Waals surface area (Å²) >= 11 is 0. The second kappa shape index (κ2) is 17.3. The fraction of sp³-hybridized carbons (Fsp3) is 0.389. The minimum atomic E-state index is -4.05. The topological polar surface area (TPSA) is 128 Å². The zero-order chi connectivity index (χ0) is 34.6. The van der Waals surface area contributed by atoms with E-state index < -0.39 is 10.0 Å². The number of rotatable bonds is 13. The molecular formula is C36H45N7O5S. The molecule has 1 amide bonds. The second-order valence-corrected chi connectivity index (χ2v) is 13.9. The maximum absolute atomic E-state index is 14.7. The van der Waals surface area contributed by atoms with Crippen molar-refractivity contribution in [3.05, 3.63) is 96.6 Å². The molecule has 1 N–H and O–H groups in total. The number of hydrogen-bond acceptors (Lipinski definition) is 10. The van der Waals surface area contributed by atoms with Gasteiger partial charge in [-0.05, 0) is 30.5 Å². The number of anilines is 1. The number of amides is 1. The number of sulfonamides is 1. The van der Waals surface area contributed by atoms with E-state index in [4.69, 9.17) is 4.74 Å². The van der Waals surface area contributed by atoms with Crippen LogP contribution in [-0.4, -0.2) is 104 Å². The molecule has 0 atom stereocenters. The molecule has 5 rings (SSSR count). The lowest BCUT2D eigenvalue weighted by Crippen LogP contribution is -2.51. The molecule has 13 heteroatoms. The molecule has 0 spiro atoms. The zero-order valence-corrected chi connectivity index (χ0v) is 29.0.